The fourth-order valence-corrected chi connectivity index (χ4v) is 3.15. The molecule has 2 rings (SSSR count). The van der Waals surface area contributed by atoms with Crippen molar-refractivity contribution in [1.82, 2.24) is 4.98 Å². The van der Waals surface area contributed by atoms with E-state index in [2.05, 4.69) is 10.3 Å². The van der Waals surface area contributed by atoms with Crippen molar-refractivity contribution in [2.75, 3.05) is 17.7 Å². The molecule has 1 heterocycles. The summed E-state index contributed by atoms with van der Waals surface area (Å²) in [6.07, 6.45) is 0. The third-order valence-corrected chi connectivity index (χ3v) is 4.97. The molecular weight excluding hydrogens is 396 g/mol. The maximum atomic E-state index is 12.4. The number of benzene rings is 1. The van der Waals surface area contributed by atoms with Crippen LogP contribution >= 0.6 is 11.8 Å². The molecule has 10 heteroatoms. The zero-order chi connectivity index (χ0) is 21.6. The van der Waals surface area contributed by atoms with Gasteiger partial charge in [-0.1, -0.05) is 17.8 Å². The first kappa shape index (κ1) is 21.8. The molecule has 1 aromatic carbocycles. The Morgan fingerprint density at radius 1 is 1.31 bits per heavy atom. The Morgan fingerprint density at radius 2 is 2.03 bits per heavy atom. The van der Waals surface area contributed by atoms with E-state index in [4.69, 9.17) is 4.74 Å². The molecule has 150 valence electrons. The minimum atomic E-state index is -0.630. The van der Waals surface area contributed by atoms with Gasteiger partial charge in [-0.2, -0.15) is 5.26 Å². The largest absolute Gasteiger partial charge is 0.461 e. The van der Waals surface area contributed by atoms with Gasteiger partial charge in [0, 0.05) is 6.07 Å². The monoisotopic (exact) mass is 414 g/mol. The second-order valence-electron chi connectivity index (χ2n) is 5.88. The Bertz CT molecular complexity index is 1020. The zero-order valence-corrected chi connectivity index (χ0v) is 16.8. The van der Waals surface area contributed by atoms with Crippen LogP contribution in [0.5, 0.6) is 0 Å². The number of pyridine rings is 1. The summed E-state index contributed by atoms with van der Waals surface area (Å²) < 4.78 is 4.88. The number of carbonyl (C=O) groups is 2. The standard InChI is InChI=1S/C19H18N4O5S/c1-4-28-19(25)14-7-6-13(9-20)18(21-14)29-10-16(24)22-17-12(3)11(2)5-8-15(17)23(26)27/h5-8H,4,10H2,1-3H3,(H,22,24). The van der Waals surface area contributed by atoms with E-state index in [0.717, 1.165) is 17.3 Å². The average Bonchev–Trinajstić information content (AvgIpc) is 2.69. The van der Waals surface area contributed by atoms with E-state index in [9.17, 15) is 25.0 Å². The summed E-state index contributed by atoms with van der Waals surface area (Å²) in [6.45, 7) is 5.31. The van der Waals surface area contributed by atoms with Crippen molar-refractivity contribution in [1.29, 1.82) is 5.26 Å². The van der Waals surface area contributed by atoms with Crippen molar-refractivity contribution in [2.45, 2.75) is 25.8 Å². The van der Waals surface area contributed by atoms with Crippen molar-refractivity contribution in [3.63, 3.8) is 0 Å². The number of esters is 1. The van der Waals surface area contributed by atoms with E-state index < -0.39 is 16.8 Å². The molecule has 0 spiro atoms. The number of thioether (sulfide) groups is 1. The number of carbonyl (C=O) groups excluding carboxylic acids is 2. The van der Waals surface area contributed by atoms with Crippen LogP contribution in [-0.4, -0.2) is 34.1 Å². The number of rotatable bonds is 7. The summed E-state index contributed by atoms with van der Waals surface area (Å²) in [4.78, 5) is 39.0. The molecule has 0 unspecified atom stereocenters. The van der Waals surface area contributed by atoms with Crippen LogP contribution in [0.4, 0.5) is 11.4 Å². The fourth-order valence-electron chi connectivity index (χ4n) is 2.38. The van der Waals surface area contributed by atoms with Crippen LogP contribution in [0.3, 0.4) is 0 Å². The van der Waals surface area contributed by atoms with E-state index in [1.807, 2.05) is 6.07 Å². The number of nitrogens with one attached hydrogen (secondary N) is 1. The number of aryl methyl sites for hydroxylation is 1. The molecule has 1 aromatic heterocycles. The van der Waals surface area contributed by atoms with E-state index in [0.29, 0.717) is 5.56 Å². The maximum absolute atomic E-state index is 12.4. The molecule has 29 heavy (non-hydrogen) atoms. The Kier molecular flexibility index (Phi) is 7.27. The Hall–Kier alpha value is -3.45. The second-order valence-corrected chi connectivity index (χ2v) is 6.84. The lowest BCUT2D eigenvalue weighted by molar-refractivity contribution is -0.384. The maximum Gasteiger partial charge on any atom is 0.356 e. The molecule has 0 aliphatic heterocycles. The normalized spacial score (nSPS) is 10.1. The number of nitro groups is 1. The molecule has 0 radical (unpaired) electrons. The van der Waals surface area contributed by atoms with Gasteiger partial charge in [-0.15, -0.1) is 0 Å². The average molecular weight is 414 g/mol. The van der Waals surface area contributed by atoms with Gasteiger partial charge in [-0.3, -0.25) is 14.9 Å². The number of ether oxygens (including phenoxy) is 1. The topological polar surface area (TPSA) is 135 Å². The molecule has 0 aliphatic rings. The molecule has 0 saturated heterocycles. The van der Waals surface area contributed by atoms with Crippen LogP contribution in [-0.2, 0) is 9.53 Å². The van der Waals surface area contributed by atoms with Crippen LogP contribution < -0.4 is 5.32 Å². The smallest absolute Gasteiger partial charge is 0.356 e. The lowest BCUT2D eigenvalue weighted by atomic mass is 10.1. The van der Waals surface area contributed by atoms with Gasteiger partial charge in [0.1, 0.15) is 22.5 Å². The van der Waals surface area contributed by atoms with Crippen LogP contribution in [0.1, 0.15) is 34.1 Å². The van der Waals surface area contributed by atoms with Gasteiger partial charge >= 0.3 is 5.97 Å². The summed E-state index contributed by atoms with van der Waals surface area (Å²) >= 11 is 0.950. The fraction of sp³-hybridized carbons (Fsp3) is 0.263. The van der Waals surface area contributed by atoms with Crippen molar-refractivity contribution in [3.05, 3.63) is 56.8 Å². The molecular formula is C19H18N4O5S. The number of nitrogens with zero attached hydrogens (tertiary/aromatic N) is 3. The van der Waals surface area contributed by atoms with E-state index in [1.54, 1.807) is 26.8 Å². The third-order valence-electron chi connectivity index (χ3n) is 3.98. The first-order chi connectivity index (χ1) is 13.8. The van der Waals surface area contributed by atoms with Crippen LogP contribution in [0, 0.1) is 35.3 Å². The van der Waals surface area contributed by atoms with Crippen LogP contribution in [0.2, 0.25) is 0 Å². The van der Waals surface area contributed by atoms with Gasteiger partial charge < -0.3 is 10.1 Å². The molecule has 2 aromatic rings. The van der Waals surface area contributed by atoms with Crippen molar-refractivity contribution in [3.8, 4) is 6.07 Å². The van der Waals surface area contributed by atoms with E-state index >= 15 is 0 Å². The quantitative estimate of drug-likeness (QED) is 0.315. The highest BCUT2D eigenvalue weighted by Crippen LogP contribution is 2.30. The Labute approximate surface area is 171 Å². The molecule has 0 fully saturated rings. The van der Waals surface area contributed by atoms with Crippen LogP contribution in [0.15, 0.2) is 29.3 Å². The molecule has 9 nitrogen and oxygen atoms in total. The SMILES string of the molecule is CCOC(=O)c1ccc(C#N)c(SCC(=O)Nc2c([N+](=O)[O-])ccc(C)c2C)n1. The van der Waals surface area contributed by atoms with Crippen molar-refractivity contribution in [2.24, 2.45) is 0 Å². The lowest BCUT2D eigenvalue weighted by Gasteiger charge is -2.11. The molecule has 0 bridgehead atoms. The van der Waals surface area contributed by atoms with Gasteiger partial charge in [-0.25, -0.2) is 9.78 Å². The van der Waals surface area contributed by atoms with Crippen molar-refractivity contribution >= 4 is 35.0 Å². The van der Waals surface area contributed by atoms with Gasteiger partial charge in [0.05, 0.1) is 22.8 Å². The highest BCUT2D eigenvalue weighted by atomic mass is 32.2. The minimum Gasteiger partial charge on any atom is -0.461 e. The second kappa shape index (κ2) is 9.66. The van der Waals surface area contributed by atoms with Gasteiger partial charge in [0.2, 0.25) is 5.91 Å². The first-order valence-electron chi connectivity index (χ1n) is 8.54. The number of anilines is 1. The highest BCUT2D eigenvalue weighted by molar-refractivity contribution is 8.00. The number of hydrogen-bond donors (Lipinski definition) is 1. The predicted molar refractivity (Wildman–Crippen MR) is 107 cm³/mol. The van der Waals surface area contributed by atoms with Gasteiger partial charge in [-0.05, 0) is 44.0 Å². The lowest BCUT2D eigenvalue weighted by Crippen LogP contribution is -2.17. The van der Waals surface area contributed by atoms with Crippen molar-refractivity contribution < 1.29 is 19.2 Å². The number of hydrogen-bond acceptors (Lipinski definition) is 8. The minimum absolute atomic E-state index is 0.0268. The molecule has 0 saturated carbocycles. The van der Waals surface area contributed by atoms with E-state index in [1.165, 1.54) is 18.2 Å². The predicted octanol–water partition coefficient (Wildman–Crippen LogP) is 3.39. The third kappa shape index (κ3) is 5.30. The number of amides is 1. The summed E-state index contributed by atoms with van der Waals surface area (Å²) in [7, 11) is 0. The summed E-state index contributed by atoms with van der Waals surface area (Å²) in [5, 5.41) is 23.2. The van der Waals surface area contributed by atoms with Gasteiger partial charge in [0.25, 0.3) is 5.69 Å². The molecule has 0 aliphatic carbocycles. The summed E-state index contributed by atoms with van der Waals surface area (Å²) in [6, 6.07) is 7.70. The Morgan fingerprint density at radius 3 is 2.66 bits per heavy atom. The Balaban J connectivity index is 2.19. The highest BCUT2D eigenvalue weighted by Gasteiger charge is 2.20. The summed E-state index contributed by atoms with van der Waals surface area (Å²) in [5.41, 5.74) is 1.56. The number of nitro benzene ring substituents is 1. The van der Waals surface area contributed by atoms with Gasteiger partial charge in [0.15, 0.2) is 0 Å². The summed E-state index contributed by atoms with van der Waals surface area (Å²) in [5.74, 6) is -1.29. The van der Waals surface area contributed by atoms with Crippen LogP contribution in [0.25, 0.3) is 0 Å². The molecule has 1 N–H and O–H groups in total. The molecule has 1 amide bonds. The first-order valence-corrected chi connectivity index (χ1v) is 9.52. The molecule has 0 atom stereocenters. The number of aromatic nitrogens is 1. The zero-order valence-electron chi connectivity index (χ0n) is 16.0. The number of nitriles is 1. The van der Waals surface area contributed by atoms with E-state index in [-0.39, 0.29) is 40.0 Å².